The highest BCUT2D eigenvalue weighted by Crippen LogP contribution is 2.37. The maximum atomic E-state index is 12.3. The van der Waals surface area contributed by atoms with Crippen LogP contribution < -0.4 is 0 Å². The van der Waals surface area contributed by atoms with E-state index in [-0.39, 0.29) is 6.42 Å². The Balaban J connectivity index is 2.98. The van der Waals surface area contributed by atoms with E-state index in [0.29, 0.717) is 12.8 Å². The number of aliphatic carboxylic acids is 1. The molecule has 0 bridgehead atoms. The summed E-state index contributed by atoms with van der Waals surface area (Å²) < 4.78 is 48.1. The second kappa shape index (κ2) is 6.62. The monoisotopic (exact) mass is 341 g/mol. The van der Waals surface area contributed by atoms with Gasteiger partial charge in [-0.15, -0.1) is 0 Å². The molecule has 0 saturated heterocycles. The number of carboxylic acids is 1. The number of nitrogens with zero attached hydrogens (tertiary/aromatic N) is 1. The molecule has 9 heteroatoms. The van der Waals surface area contributed by atoms with Crippen molar-refractivity contribution in [2.75, 3.05) is 24.8 Å². The molecule has 0 aromatic heterocycles. The summed E-state index contributed by atoms with van der Waals surface area (Å²) in [7, 11) is -5.83. The Labute approximate surface area is 126 Å². The van der Waals surface area contributed by atoms with Crippen molar-refractivity contribution in [3.05, 3.63) is 0 Å². The molecule has 0 heterocycles. The highest BCUT2D eigenvalue weighted by Gasteiger charge is 2.43. The lowest BCUT2D eigenvalue weighted by atomic mass is 9.79. The van der Waals surface area contributed by atoms with Gasteiger partial charge in [0.25, 0.3) is 0 Å². The topological polar surface area (TPSA) is 109 Å². The van der Waals surface area contributed by atoms with Gasteiger partial charge in [0.2, 0.25) is 10.0 Å². The van der Waals surface area contributed by atoms with Crippen LogP contribution in [-0.2, 0) is 24.7 Å². The molecular formula is C12H23NO6S2. The molecule has 0 radical (unpaired) electrons. The van der Waals surface area contributed by atoms with E-state index in [1.165, 1.54) is 7.05 Å². The summed E-state index contributed by atoms with van der Waals surface area (Å²) in [6.07, 6.45) is 4.23. The number of hydrogen-bond donors (Lipinski definition) is 1. The molecular weight excluding hydrogens is 318 g/mol. The normalized spacial score (nSPS) is 19.6. The Morgan fingerprint density at radius 1 is 1.10 bits per heavy atom. The number of carboxylic acid groups (broad SMARTS) is 1. The van der Waals surface area contributed by atoms with Crippen LogP contribution in [0.15, 0.2) is 0 Å². The number of rotatable bonds is 7. The van der Waals surface area contributed by atoms with Gasteiger partial charge in [0, 0.05) is 18.8 Å². The molecule has 0 spiro atoms. The Morgan fingerprint density at radius 3 is 2.05 bits per heavy atom. The smallest absolute Gasteiger partial charge is 0.305 e. The fourth-order valence-corrected chi connectivity index (χ4v) is 5.95. The molecule has 0 aliphatic heterocycles. The first-order valence-corrected chi connectivity index (χ1v) is 10.5. The molecule has 1 rings (SSSR count). The molecule has 1 N–H and O–H groups in total. The van der Waals surface area contributed by atoms with Crippen LogP contribution >= 0.6 is 0 Å². The minimum absolute atomic E-state index is 0.248. The van der Waals surface area contributed by atoms with Gasteiger partial charge in [-0.25, -0.2) is 16.8 Å². The highest BCUT2D eigenvalue weighted by molar-refractivity contribution is 7.93. The van der Waals surface area contributed by atoms with Crippen molar-refractivity contribution in [2.45, 2.75) is 44.1 Å². The van der Waals surface area contributed by atoms with Gasteiger partial charge in [0.1, 0.15) is 9.84 Å². The molecule has 0 aromatic rings. The van der Waals surface area contributed by atoms with E-state index in [4.69, 9.17) is 5.11 Å². The Morgan fingerprint density at radius 2 is 1.62 bits per heavy atom. The van der Waals surface area contributed by atoms with E-state index < -0.39 is 42.9 Å². The first-order chi connectivity index (χ1) is 9.49. The molecule has 1 fully saturated rings. The van der Waals surface area contributed by atoms with Crippen LogP contribution in [-0.4, -0.2) is 62.6 Å². The van der Waals surface area contributed by atoms with Crippen LogP contribution in [0.1, 0.15) is 38.5 Å². The number of hydrogen-bond acceptors (Lipinski definition) is 5. The maximum absolute atomic E-state index is 12.3. The zero-order valence-corrected chi connectivity index (χ0v) is 14.0. The van der Waals surface area contributed by atoms with Gasteiger partial charge in [-0.05, 0) is 12.8 Å². The summed E-state index contributed by atoms with van der Waals surface area (Å²) >= 11 is 0. The fourth-order valence-electron chi connectivity index (χ4n) is 2.78. The first kappa shape index (κ1) is 18.4. The van der Waals surface area contributed by atoms with Crippen molar-refractivity contribution in [3.8, 4) is 0 Å². The van der Waals surface area contributed by atoms with Crippen molar-refractivity contribution < 1.29 is 26.7 Å². The lowest BCUT2D eigenvalue weighted by Gasteiger charge is -2.42. The predicted octanol–water partition coefficient (Wildman–Crippen LogP) is 0.470. The quantitative estimate of drug-likeness (QED) is 0.721. The van der Waals surface area contributed by atoms with Gasteiger partial charge in [0.05, 0.1) is 17.9 Å². The third-order valence-electron chi connectivity index (χ3n) is 4.06. The number of carbonyl (C=O) groups is 1. The third kappa shape index (κ3) is 5.23. The molecule has 1 aliphatic carbocycles. The minimum atomic E-state index is -3.81. The van der Waals surface area contributed by atoms with Crippen LogP contribution in [0.3, 0.4) is 0 Å². The maximum Gasteiger partial charge on any atom is 0.305 e. The summed E-state index contributed by atoms with van der Waals surface area (Å²) in [5.74, 6) is -2.01. The average molecular weight is 341 g/mol. The van der Waals surface area contributed by atoms with Gasteiger partial charge in [0.15, 0.2) is 0 Å². The molecule has 7 nitrogen and oxygen atoms in total. The van der Waals surface area contributed by atoms with Gasteiger partial charge in [-0.1, -0.05) is 19.3 Å². The first-order valence-electron chi connectivity index (χ1n) is 6.85. The van der Waals surface area contributed by atoms with Crippen LogP contribution in [0.25, 0.3) is 0 Å². The summed E-state index contributed by atoms with van der Waals surface area (Å²) in [4.78, 5) is 11.1. The summed E-state index contributed by atoms with van der Waals surface area (Å²) in [5.41, 5.74) is -0.930. The Hall–Kier alpha value is -0.670. The summed E-state index contributed by atoms with van der Waals surface area (Å²) in [6, 6.07) is 0. The molecule has 0 amide bonds. The van der Waals surface area contributed by atoms with E-state index in [1.54, 1.807) is 0 Å². The molecule has 1 aliphatic rings. The van der Waals surface area contributed by atoms with Crippen molar-refractivity contribution >= 4 is 25.8 Å². The minimum Gasteiger partial charge on any atom is -0.481 e. The van der Waals surface area contributed by atoms with Gasteiger partial charge in [-0.2, -0.15) is 4.31 Å². The predicted molar refractivity (Wildman–Crippen MR) is 79.3 cm³/mol. The molecule has 1 saturated carbocycles. The third-order valence-corrected chi connectivity index (χ3v) is 7.21. The van der Waals surface area contributed by atoms with Crippen molar-refractivity contribution in [3.63, 3.8) is 0 Å². The molecule has 0 unspecified atom stereocenters. The summed E-state index contributed by atoms with van der Waals surface area (Å²) in [5, 5.41) is 9.09. The molecule has 124 valence electrons. The lowest BCUT2D eigenvalue weighted by Crippen LogP contribution is -2.53. The largest absolute Gasteiger partial charge is 0.481 e. The van der Waals surface area contributed by atoms with E-state index in [1.807, 2.05) is 0 Å². The van der Waals surface area contributed by atoms with Gasteiger partial charge >= 0.3 is 5.97 Å². The van der Waals surface area contributed by atoms with Gasteiger partial charge in [-0.3, -0.25) is 4.79 Å². The van der Waals surface area contributed by atoms with E-state index >= 15 is 0 Å². The second-order valence-corrected chi connectivity index (χ2v) is 10.1. The van der Waals surface area contributed by atoms with Crippen LogP contribution in [0.4, 0.5) is 0 Å². The highest BCUT2D eigenvalue weighted by atomic mass is 32.2. The van der Waals surface area contributed by atoms with E-state index in [9.17, 15) is 21.6 Å². The van der Waals surface area contributed by atoms with Crippen LogP contribution in [0, 0.1) is 0 Å². The second-order valence-electron chi connectivity index (χ2n) is 5.77. The number of sulfonamides is 1. The summed E-state index contributed by atoms with van der Waals surface area (Å²) in [6.45, 7) is 0. The zero-order valence-electron chi connectivity index (χ0n) is 12.4. The average Bonchev–Trinajstić information content (AvgIpc) is 2.35. The van der Waals surface area contributed by atoms with E-state index in [0.717, 1.165) is 29.8 Å². The number of sulfone groups is 1. The lowest BCUT2D eigenvalue weighted by molar-refractivity contribution is -0.140. The Kier molecular flexibility index (Phi) is 5.79. The Bertz CT molecular complexity index is 575. The zero-order chi connectivity index (χ0) is 16.3. The van der Waals surface area contributed by atoms with Crippen molar-refractivity contribution in [2.24, 2.45) is 0 Å². The SMILES string of the molecule is CN(C1(CC(=O)O)CCCCC1)S(=O)(=O)CCS(C)(=O)=O. The molecule has 0 atom stereocenters. The van der Waals surface area contributed by atoms with E-state index in [2.05, 4.69) is 0 Å². The fraction of sp³-hybridized carbons (Fsp3) is 0.917. The van der Waals surface area contributed by atoms with Crippen LogP contribution in [0.2, 0.25) is 0 Å². The standard InChI is InChI=1S/C12H23NO6S2/c1-13(21(18,19)9-8-20(2,16)17)12(10-11(14)15)6-4-3-5-7-12/h3-10H2,1-2H3,(H,14,15). The molecule has 21 heavy (non-hydrogen) atoms. The molecule has 0 aromatic carbocycles. The van der Waals surface area contributed by atoms with Crippen molar-refractivity contribution in [1.29, 1.82) is 0 Å². The van der Waals surface area contributed by atoms with Gasteiger partial charge < -0.3 is 5.11 Å². The van der Waals surface area contributed by atoms with Crippen molar-refractivity contribution in [1.82, 2.24) is 4.31 Å². The van der Waals surface area contributed by atoms with Crippen LogP contribution in [0.5, 0.6) is 0 Å².